The molecule has 1 atom stereocenters. The standard InChI is InChI=1S/C22H23N5O2/c1-29-18-8-9-20-19(11-18)21(28)27(13-16-6-3-2-5-15(16)12-23)22(25-20)26-10-4-7-17(24)14-26/h2-3,5-6,8-9,11,17H,4,7,10,13-14,24H2,1H3. The number of piperidine rings is 1. The first-order valence-electron chi connectivity index (χ1n) is 9.68. The molecule has 0 aliphatic carbocycles. The van der Waals surface area contributed by atoms with Gasteiger partial charge in [-0.3, -0.25) is 9.36 Å². The Morgan fingerprint density at radius 2 is 2.14 bits per heavy atom. The van der Waals surface area contributed by atoms with E-state index in [4.69, 9.17) is 15.5 Å². The van der Waals surface area contributed by atoms with Gasteiger partial charge in [0.25, 0.3) is 5.56 Å². The fourth-order valence-electron chi connectivity index (χ4n) is 3.83. The van der Waals surface area contributed by atoms with Crippen LogP contribution in [0.5, 0.6) is 5.75 Å². The molecule has 1 aliphatic heterocycles. The Morgan fingerprint density at radius 3 is 2.90 bits per heavy atom. The van der Waals surface area contributed by atoms with Crippen LogP contribution in [0.4, 0.5) is 5.95 Å². The van der Waals surface area contributed by atoms with Crippen LogP contribution >= 0.6 is 0 Å². The van der Waals surface area contributed by atoms with Gasteiger partial charge in [-0.2, -0.15) is 5.26 Å². The highest BCUT2D eigenvalue weighted by Crippen LogP contribution is 2.23. The highest BCUT2D eigenvalue weighted by atomic mass is 16.5. The van der Waals surface area contributed by atoms with E-state index in [9.17, 15) is 10.1 Å². The van der Waals surface area contributed by atoms with Crippen molar-refractivity contribution in [2.75, 3.05) is 25.1 Å². The number of methoxy groups -OCH3 is 1. The number of ether oxygens (including phenoxy) is 1. The normalized spacial score (nSPS) is 16.6. The van der Waals surface area contributed by atoms with E-state index in [0.717, 1.165) is 24.9 Å². The minimum absolute atomic E-state index is 0.0482. The summed E-state index contributed by atoms with van der Waals surface area (Å²) in [5.74, 6) is 1.20. The molecule has 29 heavy (non-hydrogen) atoms. The summed E-state index contributed by atoms with van der Waals surface area (Å²) in [7, 11) is 1.57. The molecular formula is C22H23N5O2. The average molecular weight is 389 g/mol. The molecule has 0 radical (unpaired) electrons. The zero-order valence-corrected chi connectivity index (χ0v) is 16.3. The Kier molecular flexibility index (Phi) is 5.19. The quantitative estimate of drug-likeness (QED) is 0.735. The number of hydrogen-bond acceptors (Lipinski definition) is 6. The van der Waals surface area contributed by atoms with Gasteiger partial charge >= 0.3 is 0 Å². The van der Waals surface area contributed by atoms with Crippen LogP contribution in [0.2, 0.25) is 0 Å². The Morgan fingerprint density at radius 1 is 1.31 bits per heavy atom. The summed E-state index contributed by atoms with van der Waals surface area (Å²) in [5.41, 5.74) is 7.98. The summed E-state index contributed by atoms with van der Waals surface area (Å²) >= 11 is 0. The molecule has 148 valence electrons. The number of anilines is 1. The molecule has 4 rings (SSSR count). The van der Waals surface area contributed by atoms with E-state index in [1.54, 1.807) is 35.9 Å². The number of benzene rings is 2. The van der Waals surface area contributed by atoms with Crippen LogP contribution in [0.3, 0.4) is 0 Å². The Bertz CT molecular complexity index is 1150. The van der Waals surface area contributed by atoms with Crippen LogP contribution in [0.15, 0.2) is 47.3 Å². The molecule has 0 amide bonds. The third-order valence-electron chi connectivity index (χ3n) is 5.35. The predicted octanol–water partition coefficient (Wildman–Crippen LogP) is 2.25. The largest absolute Gasteiger partial charge is 0.497 e. The fraction of sp³-hybridized carbons (Fsp3) is 0.318. The number of aromatic nitrogens is 2. The van der Waals surface area contributed by atoms with Crippen molar-refractivity contribution >= 4 is 16.9 Å². The molecule has 7 nitrogen and oxygen atoms in total. The molecule has 0 spiro atoms. The van der Waals surface area contributed by atoms with Gasteiger partial charge in [0.2, 0.25) is 5.95 Å². The lowest BCUT2D eigenvalue weighted by molar-refractivity contribution is 0.415. The highest BCUT2D eigenvalue weighted by molar-refractivity contribution is 5.80. The summed E-state index contributed by atoms with van der Waals surface area (Å²) < 4.78 is 6.94. The third kappa shape index (κ3) is 3.67. The maximum absolute atomic E-state index is 13.5. The molecule has 0 bridgehead atoms. The number of hydrogen-bond donors (Lipinski definition) is 1. The van der Waals surface area contributed by atoms with Crippen molar-refractivity contribution in [2.45, 2.75) is 25.4 Å². The van der Waals surface area contributed by atoms with Crippen LogP contribution < -0.4 is 20.9 Å². The van der Waals surface area contributed by atoms with Crippen LogP contribution in [-0.2, 0) is 6.54 Å². The summed E-state index contributed by atoms with van der Waals surface area (Å²) in [5, 5.41) is 9.95. The fourth-order valence-corrected chi connectivity index (χ4v) is 3.83. The van der Waals surface area contributed by atoms with E-state index >= 15 is 0 Å². The van der Waals surface area contributed by atoms with Crippen LogP contribution in [0, 0.1) is 11.3 Å². The number of nitrogens with zero attached hydrogens (tertiary/aromatic N) is 4. The average Bonchev–Trinajstić information content (AvgIpc) is 2.75. The van der Waals surface area contributed by atoms with Crippen molar-refractivity contribution in [1.29, 1.82) is 5.26 Å². The second-order valence-corrected chi connectivity index (χ2v) is 7.30. The Labute approximate surface area is 169 Å². The predicted molar refractivity (Wildman–Crippen MR) is 112 cm³/mol. The lowest BCUT2D eigenvalue weighted by atomic mass is 10.1. The zero-order valence-electron chi connectivity index (χ0n) is 16.3. The van der Waals surface area contributed by atoms with E-state index in [-0.39, 0.29) is 18.1 Å². The molecule has 1 saturated heterocycles. The minimum Gasteiger partial charge on any atom is -0.497 e. The first-order valence-corrected chi connectivity index (χ1v) is 9.68. The maximum Gasteiger partial charge on any atom is 0.263 e. The molecule has 2 heterocycles. The summed E-state index contributed by atoms with van der Waals surface area (Å²) in [6.45, 7) is 1.71. The van der Waals surface area contributed by atoms with E-state index in [2.05, 4.69) is 11.0 Å². The van der Waals surface area contributed by atoms with Crippen molar-refractivity contribution < 1.29 is 4.74 Å². The van der Waals surface area contributed by atoms with Crippen molar-refractivity contribution in [1.82, 2.24) is 9.55 Å². The molecule has 3 aromatic rings. The van der Waals surface area contributed by atoms with Crippen molar-refractivity contribution in [3.8, 4) is 11.8 Å². The molecule has 2 N–H and O–H groups in total. The molecular weight excluding hydrogens is 366 g/mol. The van der Waals surface area contributed by atoms with Crippen LogP contribution in [-0.4, -0.2) is 35.8 Å². The Balaban J connectivity index is 1.91. The first kappa shape index (κ1) is 19.0. The number of fused-ring (bicyclic) bond motifs is 1. The van der Waals surface area contributed by atoms with Gasteiger partial charge in [-0.25, -0.2) is 4.98 Å². The number of nitrogens with two attached hydrogens (primary N) is 1. The van der Waals surface area contributed by atoms with Gasteiger partial charge in [0.1, 0.15) is 5.75 Å². The minimum atomic E-state index is -0.157. The van der Waals surface area contributed by atoms with E-state index < -0.39 is 0 Å². The summed E-state index contributed by atoms with van der Waals surface area (Å²) in [4.78, 5) is 20.4. The van der Waals surface area contributed by atoms with Crippen molar-refractivity contribution in [3.63, 3.8) is 0 Å². The van der Waals surface area contributed by atoms with E-state index in [1.165, 1.54) is 0 Å². The molecule has 7 heteroatoms. The van der Waals surface area contributed by atoms with Crippen molar-refractivity contribution in [2.24, 2.45) is 5.73 Å². The van der Waals surface area contributed by atoms with Gasteiger partial charge in [-0.15, -0.1) is 0 Å². The Hall–Kier alpha value is -3.37. The van der Waals surface area contributed by atoms with Gasteiger partial charge in [-0.05, 0) is 42.7 Å². The van der Waals surface area contributed by atoms with Gasteiger partial charge in [-0.1, -0.05) is 18.2 Å². The lowest BCUT2D eigenvalue weighted by Gasteiger charge is -2.33. The van der Waals surface area contributed by atoms with Gasteiger partial charge < -0.3 is 15.4 Å². The molecule has 2 aromatic carbocycles. The third-order valence-corrected chi connectivity index (χ3v) is 5.35. The molecule has 1 unspecified atom stereocenters. The first-order chi connectivity index (χ1) is 14.1. The topological polar surface area (TPSA) is 97.2 Å². The van der Waals surface area contributed by atoms with Crippen molar-refractivity contribution in [3.05, 3.63) is 63.9 Å². The smallest absolute Gasteiger partial charge is 0.263 e. The zero-order chi connectivity index (χ0) is 20.4. The molecule has 1 fully saturated rings. The van der Waals surface area contributed by atoms with Crippen LogP contribution in [0.1, 0.15) is 24.0 Å². The molecule has 1 aliphatic rings. The summed E-state index contributed by atoms with van der Waals surface area (Å²) in [6.07, 6.45) is 1.91. The maximum atomic E-state index is 13.5. The van der Waals surface area contributed by atoms with Gasteiger partial charge in [0.15, 0.2) is 0 Å². The van der Waals surface area contributed by atoms with Gasteiger partial charge in [0.05, 0.1) is 36.2 Å². The van der Waals surface area contributed by atoms with E-state index in [1.807, 2.05) is 18.2 Å². The second-order valence-electron chi connectivity index (χ2n) is 7.30. The highest BCUT2D eigenvalue weighted by Gasteiger charge is 2.23. The summed E-state index contributed by atoms with van der Waals surface area (Å²) in [6, 6.07) is 14.9. The second kappa shape index (κ2) is 7.94. The molecule has 1 aromatic heterocycles. The molecule has 0 saturated carbocycles. The lowest BCUT2D eigenvalue weighted by Crippen LogP contribution is -2.45. The monoisotopic (exact) mass is 389 g/mol. The SMILES string of the molecule is COc1ccc2nc(N3CCCC(N)C3)n(Cc3ccccc3C#N)c(=O)c2c1. The number of nitriles is 1. The van der Waals surface area contributed by atoms with Gasteiger partial charge in [0, 0.05) is 19.1 Å². The number of rotatable bonds is 4. The van der Waals surface area contributed by atoms with Crippen LogP contribution in [0.25, 0.3) is 10.9 Å². The van der Waals surface area contributed by atoms with E-state index in [0.29, 0.717) is 34.7 Å².